The van der Waals surface area contributed by atoms with E-state index in [0.717, 1.165) is 0 Å². The lowest BCUT2D eigenvalue weighted by Crippen LogP contribution is -2.23. The van der Waals surface area contributed by atoms with Crippen LogP contribution >= 0.6 is 18.2 Å². The Morgan fingerprint density at radius 3 is 3.00 bits per heavy atom. The number of fused-ring (bicyclic) bond motifs is 1. The summed E-state index contributed by atoms with van der Waals surface area (Å²) in [6.45, 7) is -4.24. The number of nitrogens with zero attached hydrogens (tertiary/aromatic N) is 3. The molecular formula is C10H14N5O6PS. The van der Waals surface area contributed by atoms with Crippen LogP contribution < -0.4 is 11.3 Å². The molecule has 1 saturated heterocycles. The third kappa shape index (κ3) is 3.42. The molecule has 3 atom stereocenters. The van der Waals surface area contributed by atoms with E-state index < -0.39 is 30.8 Å². The first-order chi connectivity index (χ1) is 10.7. The van der Waals surface area contributed by atoms with Crippen molar-refractivity contribution in [2.75, 3.05) is 11.5 Å². The highest BCUT2D eigenvalue weighted by atomic mass is 32.7. The second-order valence-electron chi connectivity index (χ2n) is 4.99. The number of ether oxygens (including phenoxy) is 1. The van der Waals surface area contributed by atoms with Gasteiger partial charge in [-0.25, -0.2) is 9.55 Å². The Balaban J connectivity index is 1.84. The molecule has 23 heavy (non-hydrogen) atoms. The third-order valence-electron chi connectivity index (χ3n) is 3.37. The molecule has 126 valence electrons. The first-order valence-electron chi connectivity index (χ1n) is 6.50. The summed E-state index contributed by atoms with van der Waals surface area (Å²) in [5.74, 6) is -0.138. The molecule has 13 heteroatoms. The lowest BCUT2D eigenvalue weighted by atomic mass is 10.2. The Labute approximate surface area is 132 Å². The Hall–Kier alpha value is -1.43. The van der Waals surface area contributed by atoms with Gasteiger partial charge < -0.3 is 25.4 Å². The zero-order chi connectivity index (χ0) is 16.8. The molecule has 6 N–H and O–H groups in total. The number of imidazole rings is 1. The molecule has 1 aliphatic heterocycles. The van der Waals surface area contributed by atoms with Crippen LogP contribution in [0.15, 0.2) is 11.1 Å². The normalized spacial score (nSPS) is 25.3. The molecule has 0 amide bonds. The Kier molecular flexibility index (Phi) is 4.21. The molecule has 11 nitrogen and oxygen atoms in total. The van der Waals surface area contributed by atoms with Gasteiger partial charge in [0.15, 0.2) is 11.2 Å². The van der Waals surface area contributed by atoms with Crippen LogP contribution in [-0.4, -0.2) is 52.4 Å². The van der Waals surface area contributed by atoms with Gasteiger partial charge in [-0.1, -0.05) is 0 Å². The standard InChI is InChI=1S/C10H14N5O6PS/c11-10-13-8-7(9(17)14-10)12-3-15(8)6-1-4(16)5(21-6)2-23-22(18,19)20/h3-6,16H,1-2H2,(H2,18,19,20)(H3,11,13,14,17)/t4-,5+,6+/m0/s1. The smallest absolute Gasteiger partial charge is 0.384 e. The van der Waals surface area contributed by atoms with E-state index in [-0.39, 0.29) is 29.3 Å². The van der Waals surface area contributed by atoms with E-state index in [1.165, 1.54) is 10.9 Å². The molecule has 0 bridgehead atoms. The molecule has 0 aliphatic carbocycles. The number of hydrogen-bond acceptors (Lipinski definition) is 8. The lowest BCUT2D eigenvalue weighted by Gasteiger charge is -2.15. The minimum atomic E-state index is -4.24. The topological polar surface area (TPSA) is 177 Å². The molecule has 0 unspecified atom stereocenters. The quantitative estimate of drug-likeness (QED) is 0.431. The van der Waals surface area contributed by atoms with Gasteiger partial charge in [0.25, 0.3) is 5.56 Å². The maximum Gasteiger partial charge on any atom is 0.384 e. The van der Waals surface area contributed by atoms with Gasteiger partial charge in [-0.05, 0) is 11.4 Å². The number of hydrogen-bond donors (Lipinski definition) is 5. The zero-order valence-corrected chi connectivity index (χ0v) is 13.3. The molecule has 0 saturated carbocycles. The zero-order valence-electron chi connectivity index (χ0n) is 11.6. The van der Waals surface area contributed by atoms with Crippen LogP contribution in [0.5, 0.6) is 0 Å². The van der Waals surface area contributed by atoms with Crippen LogP contribution in [0.2, 0.25) is 0 Å². The van der Waals surface area contributed by atoms with Crippen LogP contribution in [0.1, 0.15) is 12.6 Å². The van der Waals surface area contributed by atoms with Crippen molar-refractivity contribution in [3.05, 3.63) is 16.7 Å². The number of nitrogen functional groups attached to an aromatic ring is 1. The largest absolute Gasteiger partial charge is 0.390 e. The number of H-pyrrole nitrogens is 1. The molecule has 0 aromatic carbocycles. The highest BCUT2D eigenvalue weighted by Gasteiger charge is 2.37. The van der Waals surface area contributed by atoms with E-state index in [0.29, 0.717) is 11.4 Å². The molecule has 3 rings (SSSR count). The molecule has 1 aliphatic rings. The van der Waals surface area contributed by atoms with Crippen molar-refractivity contribution in [2.24, 2.45) is 0 Å². The van der Waals surface area contributed by atoms with E-state index in [4.69, 9.17) is 20.3 Å². The second-order valence-corrected chi connectivity index (χ2v) is 8.77. The van der Waals surface area contributed by atoms with Crippen molar-refractivity contribution in [1.29, 1.82) is 0 Å². The van der Waals surface area contributed by atoms with Crippen LogP contribution in [-0.2, 0) is 9.30 Å². The van der Waals surface area contributed by atoms with Gasteiger partial charge >= 0.3 is 6.80 Å². The average molecular weight is 363 g/mol. The summed E-state index contributed by atoms with van der Waals surface area (Å²) in [6, 6.07) is 0. The maximum atomic E-state index is 11.7. The van der Waals surface area contributed by atoms with E-state index in [1.807, 2.05) is 0 Å². The van der Waals surface area contributed by atoms with Gasteiger partial charge in [0, 0.05) is 12.2 Å². The Morgan fingerprint density at radius 2 is 2.30 bits per heavy atom. The van der Waals surface area contributed by atoms with Gasteiger partial charge in [0.1, 0.15) is 6.23 Å². The van der Waals surface area contributed by atoms with E-state index >= 15 is 0 Å². The predicted octanol–water partition coefficient (Wildman–Crippen LogP) is -0.824. The number of aliphatic hydroxyl groups excluding tert-OH is 1. The Bertz CT molecular complexity index is 833. The minimum absolute atomic E-state index is 0.0648. The van der Waals surface area contributed by atoms with Crippen molar-refractivity contribution in [3.63, 3.8) is 0 Å². The maximum absolute atomic E-state index is 11.7. The van der Waals surface area contributed by atoms with Gasteiger partial charge in [0.2, 0.25) is 5.95 Å². The second kappa shape index (κ2) is 5.89. The number of aliphatic hydroxyl groups is 1. The Morgan fingerprint density at radius 1 is 1.57 bits per heavy atom. The number of anilines is 1. The number of nitrogens with one attached hydrogen (secondary N) is 1. The lowest BCUT2D eigenvalue weighted by molar-refractivity contribution is -0.00364. The van der Waals surface area contributed by atoms with E-state index in [9.17, 15) is 14.5 Å². The first-order valence-corrected chi connectivity index (χ1v) is 9.71. The van der Waals surface area contributed by atoms with Crippen LogP contribution in [0.3, 0.4) is 0 Å². The summed E-state index contributed by atoms with van der Waals surface area (Å²) >= 11 is 0.409. The third-order valence-corrected chi connectivity index (χ3v) is 5.64. The van der Waals surface area contributed by atoms with E-state index in [2.05, 4.69) is 15.0 Å². The fraction of sp³-hybridized carbons (Fsp3) is 0.500. The number of nitrogens with two attached hydrogens (primary N) is 1. The summed E-state index contributed by atoms with van der Waals surface area (Å²) < 4.78 is 18.0. The summed E-state index contributed by atoms with van der Waals surface area (Å²) in [7, 11) is 0. The molecule has 0 radical (unpaired) electrons. The summed E-state index contributed by atoms with van der Waals surface area (Å²) in [5, 5.41) is 10.00. The molecule has 2 aromatic heterocycles. The fourth-order valence-electron chi connectivity index (χ4n) is 2.36. The summed E-state index contributed by atoms with van der Waals surface area (Å²) in [5.41, 5.74) is 5.33. The average Bonchev–Trinajstić information content (AvgIpc) is 2.99. The molecule has 1 fully saturated rings. The highest BCUT2D eigenvalue weighted by Crippen LogP contribution is 2.51. The molecule has 2 aromatic rings. The monoisotopic (exact) mass is 363 g/mol. The van der Waals surface area contributed by atoms with Gasteiger partial charge in [-0.15, -0.1) is 0 Å². The van der Waals surface area contributed by atoms with Crippen molar-refractivity contribution in [3.8, 4) is 0 Å². The minimum Gasteiger partial charge on any atom is -0.390 e. The molecule has 3 heterocycles. The van der Waals surface area contributed by atoms with Crippen LogP contribution in [0.25, 0.3) is 11.2 Å². The number of aromatic amines is 1. The van der Waals surface area contributed by atoms with Crippen molar-refractivity contribution >= 4 is 35.3 Å². The van der Waals surface area contributed by atoms with Crippen molar-refractivity contribution < 1.29 is 24.2 Å². The van der Waals surface area contributed by atoms with Gasteiger partial charge in [0.05, 0.1) is 18.5 Å². The first kappa shape index (κ1) is 16.4. The highest BCUT2D eigenvalue weighted by molar-refractivity contribution is 8.54. The number of rotatable bonds is 4. The van der Waals surface area contributed by atoms with Crippen LogP contribution in [0.4, 0.5) is 5.95 Å². The number of aromatic nitrogens is 4. The molecule has 0 spiro atoms. The molecular weight excluding hydrogens is 349 g/mol. The van der Waals surface area contributed by atoms with Crippen LogP contribution in [0, 0.1) is 0 Å². The summed E-state index contributed by atoms with van der Waals surface area (Å²) in [6.07, 6.45) is -0.801. The summed E-state index contributed by atoms with van der Waals surface area (Å²) in [4.78, 5) is 39.8. The van der Waals surface area contributed by atoms with Gasteiger partial charge in [-0.2, -0.15) is 4.98 Å². The van der Waals surface area contributed by atoms with E-state index in [1.54, 1.807) is 0 Å². The predicted molar refractivity (Wildman–Crippen MR) is 81.6 cm³/mol. The van der Waals surface area contributed by atoms with Crippen molar-refractivity contribution in [1.82, 2.24) is 19.5 Å². The van der Waals surface area contributed by atoms with Crippen molar-refractivity contribution in [2.45, 2.75) is 24.9 Å². The SMILES string of the molecule is Nc1nc2c(ncn2[C@H]2C[C@H](O)[C@@H](CSP(=O)(O)O)O2)c(=O)[nH]1. The fourth-order valence-corrected chi connectivity index (χ4v) is 4.03. The van der Waals surface area contributed by atoms with Gasteiger partial charge in [-0.3, -0.25) is 14.3 Å².